The van der Waals surface area contributed by atoms with E-state index in [2.05, 4.69) is 207 Å². The molecule has 0 aliphatic carbocycles. The molecule has 0 unspecified atom stereocenters. The van der Waals surface area contributed by atoms with Gasteiger partial charge in [0.1, 0.15) is 0 Å². The van der Waals surface area contributed by atoms with Crippen molar-refractivity contribution in [2.75, 3.05) is 0 Å². The number of rotatable bonds is 9. The molecule has 0 radical (unpaired) electrons. The number of aromatic nitrogens is 2. The van der Waals surface area contributed by atoms with E-state index >= 15 is 0 Å². The lowest BCUT2D eigenvalue weighted by atomic mass is 10.1. The topological polar surface area (TPSA) is 25.8 Å². The maximum absolute atomic E-state index is 5.01. The summed E-state index contributed by atoms with van der Waals surface area (Å²) in [6.45, 7) is 4.25. The van der Waals surface area contributed by atoms with Crippen LogP contribution in [0.5, 0.6) is 0 Å². The van der Waals surface area contributed by atoms with E-state index in [9.17, 15) is 0 Å². The van der Waals surface area contributed by atoms with Crippen molar-refractivity contribution in [1.82, 2.24) is 9.97 Å². The van der Waals surface area contributed by atoms with E-state index in [0.717, 1.165) is 21.1 Å². The quantitative estimate of drug-likeness (QED) is 0.135. The van der Waals surface area contributed by atoms with Gasteiger partial charge in [-0.05, 0) is 97.3 Å². The lowest BCUT2D eigenvalue weighted by Crippen LogP contribution is -2.20. The number of thiophene rings is 4. The van der Waals surface area contributed by atoms with Crippen LogP contribution in [-0.4, -0.2) is 9.97 Å². The molecular weight excluding hydrogens is 812 g/mol. The monoisotopic (exact) mass is 850 g/mol. The second kappa shape index (κ2) is 18.1. The predicted octanol–water partition coefficient (Wildman–Crippen LogP) is 14.8. The molecule has 0 amide bonds. The number of benzene rings is 5. The van der Waals surface area contributed by atoms with Gasteiger partial charge >= 0.3 is 0 Å². The molecule has 0 spiro atoms. The molecule has 0 N–H and O–H groups in total. The van der Waals surface area contributed by atoms with E-state index in [-0.39, 0.29) is 0 Å². The van der Waals surface area contributed by atoms with E-state index in [4.69, 9.17) is 4.98 Å². The van der Waals surface area contributed by atoms with Gasteiger partial charge in [-0.25, -0.2) is 4.98 Å². The Morgan fingerprint density at radius 3 is 0.983 bits per heavy atom. The molecule has 0 bridgehead atoms. The summed E-state index contributed by atoms with van der Waals surface area (Å²) in [7, 11) is -0.446. The second-order valence-electron chi connectivity index (χ2n) is 14.0. The molecule has 0 atom stereocenters. The Balaban J connectivity index is 0.000000197. The van der Waals surface area contributed by atoms with Gasteiger partial charge in [0.15, 0.2) is 0 Å². The van der Waals surface area contributed by atoms with E-state index in [0.29, 0.717) is 0 Å². The highest BCUT2D eigenvalue weighted by atomic mass is 32.1. The van der Waals surface area contributed by atoms with Crippen LogP contribution in [0.2, 0.25) is 0 Å². The zero-order valence-corrected chi connectivity index (χ0v) is 36.7. The van der Waals surface area contributed by atoms with Gasteiger partial charge in [-0.1, -0.05) is 151 Å². The summed E-state index contributed by atoms with van der Waals surface area (Å²) < 4.78 is 0. The highest BCUT2D eigenvalue weighted by Gasteiger charge is 2.16. The summed E-state index contributed by atoms with van der Waals surface area (Å²) in [5.74, 6) is 0. The molecule has 2 nitrogen and oxygen atoms in total. The Bertz CT molecular complexity index is 2660. The fourth-order valence-electron chi connectivity index (χ4n) is 6.68. The maximum atomic E-state index is 5.01. The number of aryl methyl sites for hydroxylation is 2. The summed E-state index contributed by atoms with van der Waals surface area (Å²) in [6, 6.07) is 67.4. The van der Waals surface area contributed by atoms with Crippen molar-refractivity contribution in [3.63, 3.8) is 0 Å². The van der Waals surface area contributed by atoms with Gasteiger partial charge in [-0.3, -0.25) is 4.98 Å². The standard InChI is InChI=1S/C34H24N2S4.C18H15P/c1-21-3-7-23(8-4-21)27-11-15-31(37-27)33-17-13-29(39-33)25-19-35-20-26(36-25)30-14-18-34(40-30)32-16-12-28(38-32)24-9-5-22(2)6-10-24;1-4-10-16(11-5-1)19(17-12-6-2-7-13-17)18-14-8-3-9-15-18/h3-20H,1-2H3;1-15H. The van der Waals surface area contributed by atoms with Crippen molar-refractivity contribution in [2.45, 2.75) is 13.8 Å². The highest BCUT2D eigenvalue weighted by molar-refractivity contribution is 7.79. The van der Waals surface area contributed by atoms with Crippen LogP contribution in [0.3, 0.4) is 0 Å². The van der Waals surface area contributed by atoms with Gasteiger partial charge in [-0.15, -0.1) is 45.3 Å². The first-order valence-electron chi connectivity index (χ1n) is 19.4. The van der Waals surface area contributed by atoms with Crippen LogP contribution >= 0.6 is 53.3 Å². The number of nitrogens with zero attached hydrogens (tertiary/aromatic N) is 2. The van der Waals surface area contributed by atoms with Gasteiger partial charge in [0.2, 0.25) is 0 Å². The van der Waals surface area contributed by atoms with E-state index in [1.54, 1.807) is 22.7 Å². The molecule has 0 aliphatic rings. The molecule has 10 aromatic rings. The maximum Gasteiger partial charge on any atom is 0.0992 e. The van der Waals surface area contributed by atoms with E-state index in [1.807, 2.05) is 35.1 Å². The molecule has 0 saturated carbocycles. The van der Waals surface area contributed by atoms with Crippen LogP contribution in [0, 0.1) is 13.8 Å². The molecule has 5 heterocycles. The molecule has 5 aromatic carbocycles. The Kier molecular flexibility index (Phi) is 12.0. The summed E-state index contributed by atoms with van der Waals surface area (Å²) in [4.78, 5) is 19.5. The van der Waals surface area contributed by atoms with Crippen LogP contribution in [0.25, 0.3) is 61.5 Å². The first-order valence-corrected chi connectivity index (χ1v) is 24.0. The average molecular weight is 851 g/mol. The van der Waals surface area contributed by atoms with Crippen molar-refractivity contribution >= 4 is 69.2 Å². The molecule has 0 saturated heterocycles. The summed E-state index contributed by atoms with van der Waals surface area (Å²) in [5, 5.41) is 4.19. The van der Waals surface area contributed by atoms with Crippen LogP contribution in [-0.2, 0) is 0 Å². The first kappa shape index (κ1) is 38.9. The molecular formula is C52H39N2PS4. The first-order chi connectivity index (χ1) is 29.0. The minimum atomic E-state index is -0.446. The summed E-state index contributed by atoms with van der Waals surface area (Å²) in [6.07, 6.45) is 3.74. The van der Waals surface area contributed by atoms with Gasteiger partial charge in [0.05, 0.1) is 33.5 Å². The third-order valence-corrected chi connectivity index (χ3v) is 17.1. The average Bonchev–Trinajstić information content (AvgIpc) is 4.14. The Morgan fingerprint density at radius 2 is 0.627 bits per heavy atom. The lowest BCUT2D eigenvalue weighted by Gasteiger charge is -2.18. The van der Waals surface area contributed by atoms with Gasteiger partial charge < -0.3 is 0 Å². The smallest absolute Gasteiger partial charge is 0.0992 e. The minimum absolute atomic E-state index is 0.446. The van der Waals surface area contributed by atoms with Crippen molar-refractivity contribution in [3.8, 4) is 61.5 Å². The molecule has 59 heavy (non-hydrogen) atoms. The van der Waals surface area contributed by atoms with E-state index in [1.165, 1.54) is 67.4 Å². The van der Waals surface area contributed by atoms with Crippen LogP contribution in [0.4, 0.5) is 0 Å². The molecule has 0 fully saturated rings. The Hall–Kier alpha value is -5.59. The Labute approximate surface area is 363 Å². The summed E-state index contributed by atoms with van der Waals surface area (Å²) >= 11 is 7.20. The molecule has 7 heteroatoms. The Morgan fingerprint density at radius 1 is 0.322 bits per heavy atom. The zero-order chi connectivity index (χ0) is 40.0. The highest BCUT2D eigenvalue weighted by Crippen LogP contribution is 2.42. The second-order valence-corrected chi connectivity index (χ2v) is 20.6. The van der Waals surface area contributed by atoms with Gasteiger partial charge in [-0.2, -0.15) is 0 Å². The van der Waals surface area contributed by atoms with Crippen molar-refractivity contribution in [3.05, 3.63) is 212 Å². The van der Waals surface area contributed by atoms with Crippen molar-refractivity contribution in [2.24, 2.45) is 0 Å². The van der Waals surface area contributed by atoms with Crippen molar-refractivity contribution in [1.29, 1.82) is 0 Å². The minimum Gasteiger partial charge on any atom is -0.260 e. The van der Waals surface area contributed by atoms with Gasteiger partial charge in [0, 0.05) is 29.3 Å². The largest absolute Gasteiger partial charge is 0.260 e. The summed E-state index contributed by atoms with van der Waals surface area (Å²) in [5.41, 5.74) is 6.92. The fraction of sp³-hybridized carbons (Fsp3) is 0.0385. The third-order valence-electron chi connectivity index (χ3n) is 9.76. The number of hydrogen-bond donors (Lipinski definition) is 0. The number of hydrogen-bond acceptors (Lipinski definition) is 6. The van der Waals surface area contributed by atoms with Crippen LogP contribution < -0.4 is 15.9 Å². The molecule has 286 valence electrons. The molecule has 0 aliphatic heterocycles. The zero-order valence-electron chi connectivity index (χ0n) is 32.5. The van der Waals surface area contributed by atoms with Crippen molar-refractivity contribution < 1.29 is 0 Å². The normalized spacial score (nSPS) is 11.0. The van der Waals surface area contributed by atoms with Gasteiger partial charge in [0.25, 0.3) is 0 Å². The third kappa shape index (κ3) is 9.19. The van der Waals surface area contributed by atoms with Crippen LogP contribution in [0.1, 0.15) is 11.1 Å². The van der Waals surface area contributed by atoms with Crippen LogP contribution in [0.15, 0.2) is 200 Å². The molecule has 5 aromatic heterocycles. The SMILES string of the molecule is Cc1ccc(-c2ccc(-c3ccc(-c4cncc(-c5ccc(-c6ccc(-c7ccc(C)cc7)s6)s5)n4)s3)s2)cc1.c1ccc(P(c2ccccc2)c2ccccc2)cc1. The lowest BCUT2D eigenvalue weighted by molar-refractivity contribution is 1.22. The van der Waals surface area contributed by atoms with E-state index < -0.39 is 7.92 Å². The molecule has 10 rings (SSSR count). The predicted molar refractivity (Wildman–Crippen MR) is 261 cm³/mol. The fourth-order valence-corrected chi connectivity index (χ4v) is 13.1.